The Bertz CT molecular complexity index is 922. The van der Waals surface area contributed by atoms with Crippen molar-refractivity contribution in [2.24, 2.45) is 0 Å². The van der Waals surface area contributed by atoms with Crippen LogP contribution in [0.1, 0.15) is 200 Å². The number of rotatable bonds is 40. The van der Waals surface area contributed by atoms with Gasteiger partial charge in [0.2, 0.25) is 5.91 Å². The third-order valence-corrected chi connectivity index (χ3v) is 10.9. The summed E-state index contributed by atoms with van der Waals surface area (Å²) >= 11 is 0. The van der Waals surface area contributed by atoms with Gasteiger partial charge in [0.15, 0.2) is 0 Å². The van der Waals surface area contributed by atoms with Crippen molar-refractivity contribution < 1.29 is 32.9 Å². The van der Waals surface area contributed by atoms with E-state index in [1.54, 1.807) is 6.08 Å². The molecule has 0 aliphatic rings. The number of aliphatic hydroxyl groups excluding tert-OH is 1. The monoisotopic (exact) mass is 771 g/mol. The van der Waals surface area contributed by atoms with Crippen molar-refractivity contribution in [1.82, 2.24) is 5.32 Å². The van der Waals surface area contributed by atoms with Gasteiger partial charge >= 0.3 is 0 Å². The van der Waals surface area contributed by atoms with Crippen LogP contribution < -0.4 is 10.2 Å². The van der Waals surface area contributed by atoms with Crippen molar-refractivity contribution in [1.29, 1.82) is 0 Å². The van der Waals surface area contributed by atoms with Gasteiger partial charge < -0.3 is 28.8 Å². The fourth-order valence-corrected chi connectivity index (χ4v) is 7.05. The second kappa shape index (κ2) is 36.6. The zero-order valence-corrected chi connectivity index (χ0v) is 36.4. The predicted molar refractivity (Wildman–Crippen MR) is 224 cm³/mol. The van der Waals surface area contributed by atoms with Crippen LogP contribution in [-0.2, 0) is 18.4 Å². The van der Waals surface area contributed by atoms with Crippen LogP contribution in [0.3, 0.4) is 0 Å². The van der Waals surface area contributed by atoms with Crippen molar-refractivity contribution in [3.63, 3.8) is 0 Å². The highest BCUT2D eigenvalue weighted by atomic mass is 31.2. The van der Waals surface area contributed by atoms with Crippen molar-refractivity contribution in [2.45, 2.75) is 212 Å². The van der Waals surface area contributed by atoms with E-state index in [-0.39, 0.29) is 19.1 Å². The number of hydrogen-bond acceptors (Lipinski definition) is 6. The number of amides is 1. The lowest BCUT2D eigenvalue weighted by molar-refractivity contribution is -0.870. The van der Waals surface area contributed by atoms with Crippen molar-refractivity contribution in [3.05, 3.63) is 24.3 Å². The molecular weight excluding hydrogens is 683 g/mol. The normalized spacial score (nSPS) is 14.6. The van der Waals surface area contributed by atoms with E-state index in [1.165, 1.54) is 141 Å². The van der Waals surface area contributed by atoms with Gasteiger partial charge in [-0.2, -0.15) is 0 Å². The fourth-order valence-electron chi connectivity index (χ4n) is 6.32. The molecule has 53 heavy (non-hydrogen) atoms. The molecule has 3 atom stereocenters. The van der Waals surface area contributed by atoms with Gasteiger partial charge in [-0.15, -0.1) is 0 Å². The minimum Gasteiger partial charge on any atom is -0.756 e. The summed E-state index contributed by atoms with van der Waals surface area (Å²) in [5.41, 5.74) is 0. The molecule has 0 radical (unpaired) electrons. The summed E-state index contributed by atoms with van der Waals surface area (Å²) in [6.07, 6.45) is 42.4. The molecule has 9 heteroatoms. The average Bonchev–Trinajstić information content (AvgIpc) is 3.10. The first kappa shape index (κ1) is 52.0. The molecule has 0 saturated carbocycles. The second-order valence-electron chi connectivity index (χ2n) is 16.4. The van der Waals surface area contributed by atoms with Crippen LogP contribution in [0.15, 0.2) is 24.3 Å². The summed E-state index contributed by atoms with van der Waals surface area (Å²) in [6, 6.07) is -0.881. The average molecular weight is 771 g/mol. The third kappa shape index (κ3) is 39.0. The summed E-state index contributed by atoms with van der Waals surface area (Å²) in [4.78, 5) is 25.2. The lowest BCUT2D eigenvalue weighted by atomic mass is 10.0. The molecule has 0 aromatic heterocycles. The number of quaternary nitrogens is 1. The van der Waals surface area contributed by atoms with Crippen molar-refractivity contribution in [2.75, 3.05) is 40.9 Å². The highest BCUT2D eigenvalue weighted by molar-refractivity contribution is 7.45. The molecule has 0 spiro atoms. The Morgan fingerprint density at radius 3 is 1.47 bits per heavy atom. The Kier molecular flexibility index (Phi) is 35.9. The zero-order valence-electron chi connectivity index (χ0n) is 35.5. The first-order valence-corrected chi connectivity index (χ1v) is 23.7. The predicted octanol–water partition coefficient (Wildman–Crippen LogP) is 11.5. The number of nitrogens with zero attached hydrogens (tertiary/aromatic N) is 1. The molecule has 0 saturated heterocycles. The van der Waals surface area contributed by atoms with E-state index in [1.807, 2.05) is 27.2 Å². The minimum absolute atomic E-state index is 0.000437. The van der Waals surface area contributed by atoms with Crippen LogP contribution in [0.25, 0.3) is 0 Å². The number of carbonyl (C=O) groups excluding carboxylic acids is 1. The first-order valence-electron chi connectivity index (χ1n) is 22.2. The molecule has 3 unspecified atom stereocenters. The Hall–Kier alpha value is -1.02. The summed E-state index contributed by atoms with van der Waals surface area (Å²) in [7, 11) is 1.26. The highest BCUT2D eigenvalue weighted by Gasteiger charge is 2.23. The van der Waals surface area contributed by atoms with Gasteiger partial charge in [-0.25, -0.2) is 0 Å². The van der Waals surface area contributed by atoms with Gasteiger partial charge in [-0.1, -0.05) is 173 Å². The van der Waals surface area contributed by atoms with Gasteiger partial charge in [0.25, 0.3) is 7.82 Å². The van der Waals surface area contributed by atoms with E-state index < -0.39 is 20.0 Å². The number of phosphoric acid groups is 1. The van der Waals surface area contributed by atoms with Crippen molar-refractivity contribution >= 4 is 13.7 Å². The van der Waals surface area contributed by atoms with Crippen LogP contribution in [0.5, 0.6) is 0 Å². The molecule has 0 bridgehead atoms. The lowest BCUT2D eigenvalue weighted by Crippen LogP contribution is -2.45. The number of unbranched alkanes of at least 4 members (excludes halogenated alkanes) is 25. The number of allylic oxidation sites excluding steroid dienone is 3. The molecule has 0 aromatic rings. The standard InChI is InChI=1S/C44H87N2O6P/c1-6-8-10-12-14-16-17-18-19-20-21-22-23-24-25-26-27-28-29-30-32-34-36-38-44(48)45-42(41-52-53(49,50)51-40-39-46(3,4)5)43(47)37-35-33-31-15-13-11-9-7-2/h20-21,35,37,42-43,47H,6-19,22-34,36,38-41H2,1-5H3,(H-,45,48,49,50)/b21-20-,37-35+. The number of nitrogens with one attached hydrogen (secondary N) is 1. The van der Waals surface area contributed by atoms with Gasteiger partial charge in [0.1, 0.15) is 13.2 Å². The summed E-state index contributed by atoms with van der Waals surface area (Å²) in [5.74, 6) is -0.201. The Labute approximate surface area is 328 Å². The Morgan fingerprint density at radius 1 is 0.642 bits per heavy atom. The topological polar surface area (TPSA) is 108 Å². The first-order chi connectivity index (χ1) is 25.5. The van der Waals surface area contributed by atoms with Crippen molar-refractivity contribution in [3.8, 4) is 0 Å². The van der Waals surface area contributed by atoms with Crippen LogP contribution in [0.2, 0.25) is 0 Å². The summed E-state index contributed by atoms with van der Waals surface area (Å²) in [6.45, 7) is 4.60. The van der Waals surface area contributed by atoms with Gasteiger partial charge in [0, 0.05) is 6.42 Å². The molecule has 8 nitrogen and oxygen atoms in total. The van der Waals surface area contributed by atoms with E-state index in [0.717, 1.165) is 38.5 Å². The number of carbonyl (C=O) groups is 1. The molecule has 0 aromatic carbocycles. The maximum Gasteiger partial charge on any atom is 0.268 e. The fraction of sp³-hybridized carbons (Fsp3) is 0.886. The number of aliphatic hydroxyl groups is 1. The van der Waals surface area contributed by atoms with Gasteiger partial charge in [0.05, 0.1) is 39.9 Å². The maximum atomic E-state index is 12.8. The molecule has 0 fully saturated rings. The molecular formula is C44H87N2O6P. The minimum atomic E-state index is -4.58. The van der Waals surface area contributed by atoms with Crippen LogP contribution >= 0.6 is 7.82 Å². The van der Waals surface area contributed by atoms with E-state index in [9.17, 15) is 19.4 Å². The Balaban J connectivity index is 4.16. The van der Waals surface area contributed by atoms with Crippen LogP contribution in [0, 0.1) is 0 Å². The van der Waals surface area contributed by atoms with Gasteiger partial charge in [-0.3, -0.25) is 9.36 Å². The SMILES string of the molecule is CCCCCCCC/C=C/C(O)C(COP(=O)([O-])OCC[N+](C)(C)C)NC(=O)CCCCCCCCCCCCC/C=C\CCCCCCCCCC. The number of hydrogen-bond donors (Lipinski definition) is 2. The van der Waals surface area contributed by atoms with Crippen LogP contribution in [-0.4, -0.2) is 68.5 Å². The van der Waals surface area contributed by atoms with E-state index in [2.05, 4.69) is 31.3 Å². The van der Waals surface area contributed by atoms with E-state index in [4.69, 9.17) is 9.05 Å². The molecule has 314 valence electrons. The second-order valence-corrected chi connectivity index (χ2v) is 17.8. The van der Waals surface area contributed by atoms with E-state index >= 15 is 0 Å². The van der Waals surface area contributed by atoms with Gasteiger partial charge in [-0.05, 0) is 44.9 Å². The largest absolute Gasteiger partial charge is 0.756 e. The zero-order chi connectivity index (χ0) is 39.3. The maximum absolute atomic E-state index is 12.8. The van der Waals surface area contributed by atoms with E-state index in [0.29, 0.717) is 17.4 Å². The molecule has 0 rings (SSSR count). The molecule has 1 amide bonds. The lowest BCUT2D eigenvalue weighted by Gasteiger charge is -2.29. The van der Waals surface area contributed by atoms with Crippen LogP contribution in [0.4, 0.5) is 0 Å². The highest BCUT2D eigenvalue weighted by Crippen LogP contribution is 2.38. The number of phosphoric ester groups is 1. The summed E-state index contributed by atoms with van der Waals surface area (Å²) < 4.78 is 23.1. The Morgan fingerprint density at radius 2 is 1.04 bits per heavy atom. The summed E-state index contributed by atoms with van der Waals surface area (Å²) in [5, 5.41) is 13.7. The molecule has 2 N–H and O–H groups in total. The quantitative estimate of drug-likeness (QED) is 0.0278. The smallest absolute Gasteiger partial charge is 0.268 e. The third-order valence-electron chi connectivity index (χ3n) is 9.91. The molecule has 0 aliphatic heterocycles. The molecule has 0 aliphatic carbocycles. The number of likely N-dealkylation sites (N-methyl/N-ethyl adjacent to an activating group) is 1. The molecule has 0 heterocycles.